The maximum absolute atomic E-state index is 13.2. The molecule has 0 saturated carbocycles. The Labute approximate surface area is 176 Å². The van der Waals surface area contributed by atoms with Gasteiger partial charge in [0.05, 0.1) is 11.8 Å². The number of urea groups is 1. The van der Waals surface area contributed by atoms with E-state index >= 15 is 0 Å². The number of nitrogens with one attached hydrogen (secondary N) is 1. The molecule has 1 saturated heterocycles. The highest BCUT2D eigenvalue weighted by Gasteiger charge is 2.23. The highest BCUT2D eigenvalue weighted by molar-refractivity contribution is 5.91. The number of para-hydroxylation sites is 3. The van der Waals surface area contributed by atoms with Crippen molar-refractivity contribution in [2.45, 2.75) is 25.5 Å². The zero-order valence-electron chi connectivity index (χ0n) is 16.7. The number of hydrogen-bond acceptors (Lipinski definition) is 4. The second-order valence-electron chi connectivity index (χ2n) is 7.22. The van der Waals surface area contributed by atoms with E-state index in [1.807, 2.05) is 66.7 Å². The Hall–Kier alpha value is -3.38. The number of hydrogen-bond donors (Lipinski definition) is 1. The standard InChI is InChI=1S/C24H25N3O3/c28-24(26-22-12-4-5-13-23(22)30-20-9-2-1-3-10-20)27(18-21-11-7-15-29-21)17-19-8-6-14-25-16-19/h1-6,8-10,12-14,16,21H,7,11,15,17-18H2,(H,26,28)/t21-/m0/s1. The zero-order valence-corrected chi connectivity index (χ0v) is 16.7. The van der Waals surface area contributed by atoms with Gasteiger partial charge in [-0.15, -0.1) is 0 Å². The van der Waals surface area contributed by atoms with Crippen molar-refractivity contribution in [2.75, 3.05) is 18.5 Å². The number of benzene rings is 2. The minimum Gasteiger partial charge on any atom is -0.455 e. The van der Waals surface area contributed by atoms with Gasteiger partial charge in [-0.1, -0.05) is 36.4 Å². The maximum atomic E-state index is 13.2. The van der Waals surface area contributed by atoms with Crippen LogP contribution in [-0.4, -0.2) is 35.2 Å². The zero-order chi connectivity index (χ0) is 20.6. The van der Waals surface area contributed by atoms with E-state index in [0.29, 0.717) is 30.3 Å². The number of pyridine rings is 1. The number of carbonyl (C=O) groups is 1. The number of rotatable bonds is 7. The van der Waals surface area contributed by atoms with Gasteiger partial charge in [0.2, 0.25) is 0 Å². The minimum atomic E-state index is -0.196. The predicted molar refractivity (Wildman–Crippen MR) is 116 cm³/mol. The Bertz CT molecular complexity index is 944. The van der Waals surface area contributed by atoms with E-state index in [1.54, 1.807) is 17.3 Å². The van der Waals surface area contributed by atoms with Crippen LogP contribution in [0.3, 0.4) is 0 Å². The molecule has 0 aliphatic carbocycles. The maximum Gasteiger partial charge on any atom is 0.322 e. The molecule has 0 unspecified atom stereocenters. The third-order valence-corrected chi connectivity index (χ3v) is 4.93. The van der Waals surface area contributed by atoms with Gasteiger partial charge in [0.15, 0.2) is 5.75 Å². The van der Waals surface area contributed by atoms with Crippen LogP contribution in [0.4, 0.5) is 10.5 Å². The Morgan fingerprint density at radius 1 is 1.10 bits per heavy atom. The second kappa shape index (κ2) is 9.89. The summed E-state index contributed by atoms with van der Waals surface area (Å²) in [5.74, 6) is 1.31. The van der Waals surface area contributed by atoms with Crippen molar-refractivity contribution >= 4 is 11.7 Å². The molecule has 154 valence electrons. The molecule has 1 fully saturated rings. The monoisotopic (exact) mass is 403 g/mol. The van der Waals surface area contributed by atoms with Crippen LogP contribution >= 0.6 is 0 Å². The van der Waals surface area contributed by atoms with E-state index in [2.05, 4.69) is 10.3 Å². The molecule has 1 atom stereocenters. The Morgan fingerprint density at radius 3 is 2.70 bits per heavy atom. The van der Waals surface area contributed by atoms with Crippen LogP contribution in [0.2, 0.25) is 0 Å². The summed E-state index contributed by atoms with van der Waals surface area (Å²) < 4.78 is 11.7. The first-order valence-corrected chi connectivity index (χ1v) is 10.2. The van der Waals surface area contributed by atoms with E-state index < -0.39 is 0 Å². The highest BCUT2D eigenvalue weighted by atomic mass is 16.5. The van der Waals surface area contributed by atoms with E-state index in [-0.39, 0.29) is 12.1 Å². The van der Waals surface area contributed by atoms with Gasteiger partial charge >= 0.3 is 6.03 Å². The van der Waals surface area contributed by atoms with Crippen LogP contribution in [0.1, 0.15) is 18.4 Å². The van der Waals surface area contributed by atoms with Crippen LogP contribution in [0.5, 0.6) is 11.5 Å². The summed E-state index contributed by atoms with van der Waals surface area (Å²) in [6.45, 7) is 1.74. The summed E-state index contributed by atoms with van der Waals surface area (Å²) >= 11 is 0. The number of ether oxygens (including phenoxy) is 2. The molecular weight excluding hydrogens is 378 g/mol. The van der Waals surface area contributed by atoms with Crippen LogP contribution in [0.15, 0.2) is 79.1 Å². The lowest BCUT2D eigenvalue weighted by Gasteiger charge is -2.26. The molecule has 0 bridgehead atoms. The van der Waals surface area contributed by atoms with Crippen molar-refractivity contribution in [1.29, 1.82) is 0 Å². The first kappa shape index (κ1) is 19.9. The fraction of sp³-hybridized carbons (Fsp3) is 0.250. The molecule has 2 aromatic carbocycles. The van der Waals surface area contributed by atoms with E-state index in [4.69, 9.17) is 9.47 Å². The summed E-state index contributed by atoms with van der Waals surface area (Å²) in [6.07, 6.45) is 5.56. The lowest BCUT2D eigenvalue weighted by atomic mass is 10.2. The van der Waals surface area contributed by atoms with Gasteiger partial charge in [0.1, 0.15) is 5.75 Å². The SMILES string of the molecule is O=C(Nc1ccccc1Oc1ccccc1)N(Cc1cccnc1)C[C@@H]1CCCO1. The fourth-order valence-electron chi connectivity index (χ4n) is 3.43. The summed E-state index contributed by atoms with van der Waals surface area (Å²) in [4.78, 5) is 19.1. The van der Waals surface area contributed by atoms with Crippen LogP contribution in [0, 0.1) is 0 Å². The molecule has 1 aliphatic heterocycles. The average Bonchev–Trinajstić information content (AvgIpc) is 3.29. The number of aromatic nitrogens is 1. The molecule has 0 radical (unpaired) electrons. The molecule has 2 heterocycles. The van der Waals surface area contributed by atoms with Crippen molar-refractivity contribution < 1.29 is 14.3 Å². The first-order chi connectivity index (χ1) is 14.8. The van der Waals surface area contributed by atoms with Gasteiger partial charge in [-0.05, 0) is 48.7 Å². The lowest BCUT2D eigenvalue weighted by Crippen LogP contribution is -2.39. The van der Waals surface area contributed by atoms with Gasteiger partial charge in [0.25, 0.3) is 0 Å². The molecule has 1 N–H and O–H groups in total. The van der Waals surface area contributed by atoms with Crippen molar-refractivity contribution in [2.24, 2.45) is 0 Å². The fourth-order valence-corrected chi connectivity index (χ4v) is 3.43. The molecular formula is C24H25N3O3. The predicted octanol–water partition coefficient (Wildman–Crippen LogP) is 5.09. The van der Waals surface area contributed by atoms with Crippen molar-refractivity contribution in [3.8, 4) is 11.5 Å². The molecule has 30 heavy (non-hydrogen) atoms. The molecule has 6 heteroatoms. The lowest BCUT2D eigenvalue weighted by molar-refractivity contribution is 0.0819. The van der Waals surface area contributed by atoms with Crippen molar-refractivity contribution in [1.82, 2.24) is 9.88 Å². The van der Waals surface area contributed by atoms with Gasteiger partial charge in [-0.3, -0.25) is 4.98 Å². The largest absolute Gasteiger partial charge is 0.455 e. The average molecular weight is 403 g/mol. The first-order valence-electron chi connectivity index (χ1n) is 10.2. The Balaban J connectivity index is 1.50. The summed E-state index contributed by atoms with van der Waals surface area (Å²) in [7, 11) is 0. The van der Waals surface area contributed by atoms with Crippen molar-refractivity contribution in [3.63, 3.8) is 0 Å². The molecule has 0 spiro atoms. The van der Waals surface area contributed by atoms with Gasteiger partial charge in [0, 0.05) is 32.1 Å². The third kappa shape index (κ3) is 5.36. The number of carbonyl (C=O) groups excluding carboxylic acids is 1. The van der Waals surface area contributed by atoms with Gasteiger partial charge in [-0.2, -0.15) is 0 Å². The summed E-state index contributed by atoms with van der Waals surface area (Å²) in [5, 5.41) is 3.01. The van der Waals surface area contributed by atoms with E-state index in [1.165, 1.54) is 0 Å². The van der Waals surface area contributed by atoms with Crippen molar-refractivity contribution in [3.05, 3.63) is 84.7 Å². The van der Waals surface area contributed by atoms with E-state index in [9.17, 15) is 4.79 Å². The number of nitrogens with zero attached hydrogens (tertiary/aromatic N) is 2. The number of amides is 2. The second-order valence-corrected chi connectivity index (χ2v) is 7.22. The van der Waals surface area contributed by atoms with Crippen LogP contribution in [-0.2, 0) is 11.3 Å². The van der Waals surface area contributed by atoms with Gasteiger partial charge in [-0.25, -0.2) is 4.79 Å². The Kier molecular flexibility index (Phi) is 6.57. The molecule has 1 aromatic heterocycles. The number of anilines is 1. The summed E-state index contributed by atoms with van der Waals surface area (Å²) in [6, 6.07) is 20.6. The van der Waals surface area contributed by atoms with Crippen LogP contribution in [0.25, 0.3) is 0 Å². The molecule has 4 rings (SSSR count). The highest BCUT2D eigenvalue weighted by Crippen LogP contribution is 2.29. The quantitative estimate of drug-likeness (QED) is 0.597. The normalized spacial score (nSPS) is 15.5. The molecule has 2 amide bonds. The molecule has 6 nitrogen and oxygen atoms in total. The van der Waals surface area contributed by atoms with Gasteiger partial charge < -0.3 is 19.7 Å². The third-order valence-electron chi connectivity index (χ3n) is 4.93. The minimum absolute atomic E-state index is 0.0585. The molecule has 1 aliphatic rings. The van der Waals surface area contributed by atoms with Crippen LogP contribution < -0.4 is 10.1 Å². The van der Waals surface area contributed by atoms with E-state index in [0.717, 1.165) is 25.0 Å². The summed E-state index contributed by atoms with van der Waals surface area (Å²) in [5.41, 5.74) is 1.59. The topological polar surface area (TPSA) is 63.7 Å². The molecule has 3 aromatic rings. The Morgan fingerprint density at radius 2 is 1.93 bits per heavy atom. The smallest absolute Gasteiger partial charge is 0.322 e.